The molecule has 1 aliphatic rings. The SMILES string of the molecule is CC1CCC(CO)(NC(C)C(N)=O)CC1. The van der Waals surface area contributed by atoms with Crippen LogP contribution in [0.1, 0.15) is 39.5 Å². The van der Waals surface area contributed by atoms with Crippen molar-refractivity contribution >= 4 is 5.91 Å². The minimum Gasteiger partial charge on any atom is -0.394 e. The molecule has 15 heavy (non-hydrogen) atoms. The maximum Gasteiger partial charge on any atom is 0.234 e. The van der Waals surface area contributed by atoms with Gasteiger partial charge in [0.25, 0.3) is 0 Å². The minimum atomic E-state index is -0.370. The van der Waals surface area contributed by atoms with Crippen molar-refractivity contribution < 1.29 is 9.90 Å². The monoisotopic (exact) mass is 214 g/mol. The summed E-state index contributed by atoms with van der Waals surface area (Å²) in [4.78, 5) is 11.0. The Kier molecular flexibility index (Phi) is 4.11. The molecule has 4 heteroatoms. The van der Waals surface area contributed by atoms with E-state index in [4.69, 9.17) is 5.73 Å². The fraction of sp³-hybridized carbons (Fsp3) is 0.909. The van der Waals surface area contributed by atoms with Crippen LogP contribution in [0, 0.1) is 5.92 Å². The van der Waals surface area contributed by atoms with E-state index in [1.807, 2.05) is 0 Å². The molecule has 0 aromatic heterocycles. The molecule has 4 nitrogen and oxygen atoms in total. The highest BCUT2D eigenvalue weighted by Crippen LogP contribution is 2.31. The van der Waals surface area contributed by atoms with E-state index >= 15 is 0 Å². The van der Waals surface area contributed by atoms with Crippen molar-refractivity contribution in [1.82, 2.24) is 5.32 Å². The average Bonchev–Trinajstić information content (AvgIpc) is 2.21. The van der Waals surface area contributed by atoms with E-state index in [9.17, 15) is 9.90 Å². The van der Waals surface area contributed by atoms with Gasteiger partial charge in [0.1, 0.15) is 0 Å². The Morgan fingerprint density at radius 1 is 1.60 bits per heavy atom. The van der Waals surface area contributed by atoms with Crippen molar-refractivity contribution in [3.05, 3.63) is 0 Å². The molecule has 1 amide bonds. The van der Waals surface area contributed by atoms with E-state index in [1.165, 1.54) is 0 Å². The molecule has 0 aromatic rings. The van der Waals surface area contributed by atoms with Crippen LogP contribution in [0.2, 0.25) is 0 Å². The van der Waals surface area contributed by atoms with Gasteiger partial charge in [-0.15, -0.1) is 0 Å². The lowest BCUT2D eigenvalue weighted by Crippen LogP contribution is -2.57. The van der Waals surface area contributed by atoms with Crippen molar-refractivity contribution in [2.75, 3.05) is 6.61 Å². The number of nitrogens with one attached hydrogen (secondary N) is 1. The first-order valence-electron chi connectivity index (χ1n) is 5.67. The Morgan fingerprint density at radius 3 is 2.53 bits per heavy atom. The summed E-state index contributed by atoms with van der Waals surface area (Å²) in [6.07, 6.45) is 4.03. The Morgan fingerprint density at radius 2 is 2.13 bits per heavy atom. The quantitative estimate of drug-likeness (QED) is 0.633. The zero-order valence-corrected chi connectivity index (χ0v) is 9.62. The van der Waals surface area contributed by atoms with Crippen LogP contribution >= 0.6 is 0 Å². The maximum absolute atomic E-state index is 11.0. The van der Waals surface area contributed by atoms with Gasteiger partial charge in [0.2, 0.25) is 5.91 Å². The van der Waals surface area contributed by atoms with Gasteiger partial charge in [-0.2, -0.15) is 0 Å². The summed E-state index contributed by atoms with van der Waals surface area (Å²) in [7, 11) is 0. The normalized spacial score (nSPS) is 33.7. The van der Waals surface area contributed by atoms with Crippen molar-refractivity contribution in [1.29, 1.82) is 0 Å². The summed E-state index contributed by atoms with van der Waals surface area (Å²) in [6, 6.07) is -0.370. The van der Waals surface area contributed by atoms with Gasteiger partial charge in [-0.1, -0.05) is 6.92 Å². The molecule has 0 heterocycles. The van der Waals surface area contributed by atoms with Crippen LogP contribution in [-0.2, 0) is 4.79 Å². The van der Waals surface area contributed by atoms with E-state index < -0.39 is 0 Å². The highest BCUT2D eigenvalue weighted by atomic mass is 16.3. The summed E-state index contributed by atoms with van der Waals surface area (Å²) in [6.45, 7) is 4.05. The summed E-state index contributed by atoms with van der Waals surface area (Å²) in [5.74, 6) is 0.358. The van der Waals surface area contributed by atoms with E-state index in [0.717, 1.165) is 31.6 Å². The summed E-state index contributed by atoms with van der Waals surface area (Å²) < 4.78 is 0. The Balaban J connectivity index is 2.57. The van der Waals surface area contributed by atoms with Crippen molar-refractivity contribution in [2.45, 2.75) is 51.1 Å². The molecule has 1 saturated carbocycles. The smallest absolute Gasteiger partial charge is 0.234 e. The Labute approximate surface area is 91.2 Å². The lowest BCUT2D eigenvalue weighted by atomic mass is 9.77. The second kappa shape index (κ2) is 4.94. The number of rotatable bonds is 4. The van der Waals surface area contributed by atoms with Crippen LogP contribution in [0.25, 0.3) is 0 Å². The molecular weight excluding hydrogens is 192 g/mol. The maximum atomic E-state index is 11.0. The van der Waals surface area contributed by atoms with Gasteiger partial charge in [-0.25, -0.2) is 0 Å². The van der Waals surface area contributed by atoms with E-state index in [0.29, 0.717) is 0 Å². The molecule has 1 atom stereocenters. The van der Waals surface area contributed by atoms with Crippen LogP contribution in [0.3, 0.4) is 0 Å². The molecule has 0 bridgehead atoms. The van der Waals surface area contributed by atoms with Gasteiger partial charge in [-0.3, -0.25) is 10.1 Å². The second-order valence-electron chi connectivity index (χ2n) is 4.89. The van der Waals surface area contributed by atoms with Crippen LogP contribution < -0.4 is 11.1 Å². The zero-order valence-electron chi connectivity index (χ0n) is 9.62. The van der Waals surface area contributed by atoms with E-state index in [-0.39, 0.29) is 24.1 Å². The highest BCUT2D eigenvalue weighted by molar-refractivity contribution is 5.79. The zero-order chi connectivity index (χ0) is 11.5. The molecule has 0 aromatic carbocycles. The lowest BCUT2D eigenvalue weighted by Gasteiger charge is -2.40. The van der Waals surface area contributed by atoms with Crippen molar-refractivity contribution in [3.8, 4) is 0 Å². The predicted molar refractivity (Wildman–Crippen MR) is 59.2 cm³/mol. The first-order valence-corrected chi connectivity index (χ1v) is 5.67. The van der Waals surface area contributed by atoms with Gasteiger partial charge in [0.05, 0.1) is 12.6 Å². The molecule has 1 rings (SSSR count). The number of nitrogens with two attached hydrogens (primary N) is 1. The lowest BCUT2D eigenvalue weighted by molar-refractivity contribution is -0.120. The number of amides is 1. The number of aliphatic hydroxyl groups excluding tert-OH is 1. The van der Waals surface area contributed by atoms with Crippen LogP contribution in [0.5, 0.6) is 0 Å². The van der Waals surface area contributed by atoms with Crippen LogP contribution in [0.4, 0.5) is 0 Å². The summed E-state index contributed by atoms with van der Waals surface area (Å²) in [5.41, 5.74) is 4.92. The summed E-state index contributed by atoms with van der Waals surface area (Å²) in [5, 5.41) is 12.6. The Bertz CT molecular complexity index is 223. The van der Waals surface area contributed by atoms with Gasteiger partial charge < -0.3 is 10.8 Å². The standard InChI is InChI=1S/C11H22N2O2/c1-8-3-5-11(7-14,6-4-8)13-9(2)10(12)15/h8-9,13-14H,3-7H2,1-2H3,(H2,12,15). The Hall–Kier alpha value is -0.610. The molecule has 1 unspecified atom stereocenters. The van der Waals surface area contributed by atoms with E-state index in [2.05, 4.69) is 12.2 Å². The number of carbonyl (C=O) groups is 1. The third kappa shape index (κ3) is 3.18. The molecule has 4 N–H and O–H groups in total. The van der Waals surface area contributed by atoms with Crippen molar-refractivity contribution in [3.63, 3.8) is 0 Å². The molecule has 0 radical (unpaired) electrons. The third-order valence-corrected chi connectivity index (χ3v) is 3.48. The first-order chi connectivity index (χ1) is 6.99. The number of hydrogen-bond acceptors (Lipinski definition) is 3. The van der Waals surface area contributed by atoms with Gasteiger partial charge in [0.15, 0.2) is 0 Å². The topological polar surface area (TPSA) is 75.3 Å². The molecule has 1 fully saturated rings. The fourth-order valence-electron chi connectivity index (χ4n) is 2.19. The predicted octanol–water partition coefficient (Wildman–Crippen LogP) is 0.391. The van der Waals surface area contributed by atoms with Gasteiger partial charge in [-0.05, 0) is 38.5 Å². The third-order valence-electron chi connectivity index (χ3n) is 3.48. The molecular formula is C11H22N2O2. The number of carbonyl (C=O) groups excluding carboxylic acids is 1. The average molecular weight is 214 g/mol. The largest absolute Gasteiger partial charge is 0.394 e. The van der Waals surface area contributed by atoms with E-state index in [1.54, 1.807) is 6.92 Å². The number of hydrogen-bond donors (Lipinski definition) is 3. The highest BCUT2D eigenvalue weighted by Gasteiger charge is 2.35. The van der Waals surface area contributed by atoms with Gasteiger partial charge in [0, 0.05) is 5.54 Å². The minimum absolute atomic E-state index is 0.0807. The second-order valence-corrected chi connectivity index (χ2v) is 4.89. The first kappa shape index (κ1) is 12.5. The molecule has 0 saturated heterocycles. The fourth-order valence-corrected chi connectivity index (χ4v) is 2.19. The number of aliphatic hydroxyl groups is 1. The van der Waals surface area contributed by atoms with Crippen molar-refractivity contribution in [2.24, 2.45) is 11.7 Å². The molecule has 0 spiro atoms. The summed E-state index contributed by atoms with van der Waals surface area (Å²) >= 11 is 0. The molecule has 88 valence electrons. The number of primary amides is 1. The molecule has 1 aliphatic carbocycles. The van der Waals surface area contributed by atoms with Crippen LogP contribution in [0.15, 0.2) is 0 Å². The van der Waals surface area contributed by atoms with Gasteiger partial charge >= 0.3 is 0 Å². The van der Waals surface area contributed by atoms with Crippen LogP contribution in [-0.4, -0.2) is 29.2 Å². The molecule has 0 aliphatic heterocycles.